The molecule has 2 heterocycles. The molecule has 3 rings (SSSR count). The summed E-state index contributed by atoms with van der Waals surface area (Å²) in [6.45, 7) is 0. The summed E-state index contributed by atoms with van der Waals surface area (Å²) >= 11 is 9.38. The highest BCUT2D eigenvalue weighted by Gasteiger charge is 2.17. The predicted octanol–water partition coefficient (Wildman–Crippen LogP) is 5.23. The minimum absolute atomic E-state index is 0.230. The number of nitrogens with zero attached hydrogens (tertiary/aromatic N) is 2. The monoisotopic (exact) mass is 363 g/mol. The third-order valence-corrected chi connectivity index (χ3v) is 4.27. The van der Waals surface area contributed by atoms with E-state index in [4.69, 9.17) is 16.6 Å². The Morgan fingerprint density at radius 2 is 2.05 bits per heavy atom. The van der Waals surface area contributed by atoms with Crippen LogP contribution in [-0.2, 0) is 0 Å². The summed E-state index contributed by atoms with van der Waals surface area (Å²) in [7, 11) is 0. The average molecular weight is 365 g/mol. The second-order valence-corrected chi connectivity index (χ2v) is 6.29. The van der Waals surface area contributed by atoms with E-state index >= 15 is 0 Å². The number of hydrogen-bond acceptors (Lipinski definition) is 3. The number of nitrogens with one attached hydrogen (secondary N) is 1. The van der Waals surface area contributed by atoms with Crippen molar-refractivity contribution < 1.29 is 0 Å². The number of aromatic nitrogens is 1. The number of pyridine rings is 1. The number of aliphatic imine (C=N–C) groups is 1. The summed E-state index contributed by atoms with van der Waals surface area (Å²) in [6, 6.07) is 12.5. The van der Waals surface area contributed by atoms with E-state index in [-0.39, 0.29) is 6.04 Å². The molecule has 0 aliphatic carbocycles. The molecule has 1 aliphatic heterocycles. The van der Waals surface area contributed by atoms with Crippen molar-refractivity contribution in [2.45, 2.75) is 25.3 Å². The quantitative estimate of drug-likeness (QED) is 0.792. The molecule has 1 N–H and O–H groups in total. The van der Waals surface area contributed by atoms with Gasteiger partial charge in [0.05, 0.1) is 15.5 Å². The Bertz CT molecular complexity index is 658. The number of halogens is 2. The maximum absolute atomic E-state index is 5.91. The molecule has 5 heteroatoms. The van der Waals surface area contributed by atoms with Crippen molar-refractivity contribution in [1.82, 2.24) is 4.98 Å². The van der Waals surface area contributed by atoms with E-state index < -0.39 is 0 Å². The zero-order chi connectivity index (χ0) is 14.7. The van der Waals surface area contributed by atoms with Crippen molar-refractivity contribution in [3.63, 3.8) is 0 Å². The average Bonchev–Trinajstić information content (AvgIpc) is 2.51. The molecule has 0 amide bonds. The molecule has 2 aromatic rings. The fourth-order valence-electron chi connectivity index (χ4n) is 2.43. The van der Waals surface area contributed by atoms with Crippen molar-refractivity contribution in [3.8, 4) is 0 Å². The summed E-state index contributed by atoms with van der Waals surface area (Å²) in [5.41, 5.74) is 1.26. The Kier molecular flexibility index (Phi) is 4.56. The van der Waals surface area contributed by atoms with E-state index in [0.717, 1.165) is 35.4 Å². The van der Waals surface area contributed by atoms with Crippen LogP contribution in [0.5, 0.6) is 0 Å². The highest BCUT2D eigenvalue weighted by molar-refractivity contribution is 9.10. The molecule has 21 heavy (non-hydrogen) atoms. The Morgan fingerprint density at radius 3 is 2.81 bits per heavy atom. The molecule has 0 radical (unpaired) electrons. The minimum atomic E-state index is 0.230. The van der Waals surface area contributed by atoms with Crippen LogP contribution in [0.2, 0.25) is 5.02 Å². The molecule has 108 valence electrons. The number of amidine groups is 1. The molecule has 1 aromatic carbocycles. The van der Waals surface area contributed by atoms with E-state index in [0.29, 0.717) is 5.02 Å². The zero-order valence-electron chi connectivity index (χ0n) is 11.4. The lowest BCUT2D eigenvalue weighted by Crippen LogP contribution is -2.19. The van der Waals surface area contributed by atoms with Gasteiger partial charge in [-0.05, 0) is 40.4 Å². The lowest BCUT2D eigenvalue weighted by Gasteiger charge is -2.21. The van der Waals surface area contributed by atoms with Gasteiger partial charge >= 0.3 is 0 Å². The Morgan fingerprint density at radius 1 is 1.24 bits per heavy atom. The van der Waals surface area contributed by atoms with Gasteiger partial charge in [0.15, 0.2) is 0 Å². The van der Waals surface area contributed by atoms with Crippen LogP contribution in [0.15, 0.2) is 52.1 Å². The SMILES string of the molecule is Clc1cnc(NC2=NC(c3ccccc3)CCC2)c(Br)c1. The lowest BCUT2D eigenvalue weighted by molar-refractivity contribution is 0.596. The van der Waals surface area contributed by atoms with Crippen LogP contribution in [0, 0.1) is 0 Å². The van der Waals surface area contributed by atoms with Crippen LogP contribution in [0.3, 0.4) is 0 Å². The van der Waals surface area contributed by atoms with Crippen LogP contribution in [0.4, 0.5) is 5.82 Å². The van der Waals surface area contributed by atoms with Gasteiger partial charge in [0.1, 0.15) is 11.7 Å². The molecule has 0 spiro atoms. The van der Waals surface area contributed by atoms with Gasteiger partial charge in [-0.3, -0.25) is 4.99 Å². The molecule has 1 aromatic heterocycles. The van der Waals surface area contributed by atoms with Gasteiger partial charge in [0.2, 0.25) is 0 Å². The third kappa shape index (κ3) is 3.63. The smallest absolute Gasteiger partial charge is 0.145 e. The molecule has 0 bridgehead atoms. The van der Waals surface area contributed by atoms with Crippen molar-refractivity contribution >= 4 is 39.2 Å². The Balaban J connectivity index is 1.80. The fraction of sp³-hybridized carbons (Fsp3) is 0.250. The van der Waals surface area contributed by atoms with Crippen molar-refractivity contribution in [2.75, 3.05) is 5.32 Å². The Hall–Kier alpha value is -1.39. The summed E-state index contributed by atoms with van der Waals surface area (Å²) < 4.78 is 0.847. The van der Waals surface area contributed by atoms with Gasteiger partial charge in [-0.25, -0.2) is 4.98 Å². The van der Waals surface area contributed by atoms with Gasteiger partial charge in [-0.2, -0.15) is 0 Å². The van der Waals surface area contributed by atoms with E-state index in [1.807, 2.05) is 12.1 Å². The number of benzene rings is 1. The third-order valence-electron chi connectivity index (χ3n) is 3.46. The number of hydrogen-bond donors (Lipinski definition) is 1. The molecule has 1 atom stereocenters. The molecule has 0 saturated heterocycles. The van der Waals surface area contributed by atoms with Gasteiger partial charge in [-0.15, -0.1) is 0 Å². The molecule has 1 aliphatic rings. The largest absolute Gasteiger partial charge is 0.328 e. The minimum Gasteiger partial charge on any atom is -0.328 e. The van der Waals surface area contributed by atoms with Gasteiger partial charge in [-0.1, -0.05) is 41.9 Å². The normalized spacial score (nSPS) is 18.2. The van der Waals surface area contributed by atoms with Crippen molar-refractivity contribution in [1.29, 1.82) is 0 Å². The fourth-order valence-corrected chi connectivity index (χ4v) is 3.17. The molecular formula is C16H15BrClN3. The first-order chi connectivity index (χ1) is 10.2. The summed E-state index contributed by atoms with van der Waals surface area (Å²) in [4.78, 5) is 9.12. The first-order valence-electron chi connectivity index (χ1n) is 6.92. The van der Waals surface area contributed by atoms with Crippen LogP contribution in [0.1, 0.15) is 30.9 Å². The van der Waals surface area contributed by atoms with Gasteiger partial charge < -0.3 is 5.32 Å². The van der Waals surface area contributed by atoms with Crippen LogP contribution < -0.4 is 5.32 Å². The van der Waals surface area contributed by atoms with Crippen LogP contribution in [0.25, 0.3) is 0 Å². The molecule has 0 fully saturated rings. The van der Waals surface area contributed by atoms with E-state index in [1.54, 1.807) is 6.20 Å². The van der Waals surface area contributed by atoms with E-state index in [2.05, 4.69) is 50.5 Å². The topological polar surface area (TPSA) is 37.3 Å². The molecule has 0 saturated carbocycles. The summed E-state index contributed by atoms with van der Waals surface area (Å²) in [5, 5.41) is 3.92. The second-order valence-electron chi connectivity index (χ2n) is 5.00. The standard InChI is InChI=1S/C16H15BrClN3/c17-13-9-12(18)10-19-16(13)21-15-8-4-7-14(20-15)11-5-2-1-3-6-11/h1-3,5-6,9-10,14H,4,7-8H2,(H,19,20,21). The van der Waals surface area contributed by atoms with Gasteiger partial charge in [0.25, 0.3) is 0 Å². The Labute approximate surface area is 137 Å². The van der Waals surface area contributed by atoms with Crippen molar-refractivity contribution in [3.05, 3.63) is 57.7 Å². The second kappa shape index (κ2) is 6.58. The lowest BCUT2D eigenvalue weighted by atomic mass is 9.98. The van der Waals surface area contributed by atoms with E-state index in [1.165, 1.54) is 5.56 Å². The number of anilines is 1. The maximum atomic E-state index is 5.91. The first kappa shape index (κ1) is 14.5. The number of rotatable bonds is 2. The molecular weight excluding hydrogens is 350 g/mol. The van der Waals surface area contributed by atoms with Crippen LogP contribution in [-0.4, -0.2) is 10.8 Å². The van der Waals surface area contributed by atoms with E-state index in [9.17, 15) is 0 Å². The summed E-state index contributed by atoms with van der Waals surface area (Å²) in [5.74, 6) is 1.73. The zero-order valence-corrected chi connectivity index (χ0v) is 13.7. The molecule has 3 nitrogen and oxygen atoms in total. The summed E-state index contributed by atoms with van der Waals surface area (Å²) in [6.07, 6.45) is 4.79. The maximum Gasteiger partial charge on any atom is 0.145 e. The first-order valence-corrected chi connectivity index (χ1v) is 8.09. The van der Waals surface area contributed by atoms with Crippen LogP contribution >= 0.6 is 27.5 Å². The van der Waals surface area contributed by atoms with Gasteiger partial charge in [0, 0.05) is 12.6 Å². The highest BCUT2D eigenvalue weighted by Crippen LogP contribution is 2.29. The predicted molar refractivity (Wildman–Crippen MR) is 91.0 cm³/mol. The van der Waals surface area contributed by atoms with Crippen molar-refractivity contribution in [2.24, 2.45) is 4.99 Å². The molecule has 1 unspecified atom stereocenters. The highest BCUT2D eigenvalue weighted by atomic mass is 79.9.